The number of nitrogens with one attached hydrogen (secondary N) is 2. The van der Waals surface area contributed by atoms with Crippen LogP contribution in [0.4, 0.5) is 23.7 Å². The highest BCUT2D eigenvalue weighted by atomic mass is 16.6. The van der Waals surface area contributed by atoms with Crippen LogP contribution >= 0.6 is 0 Å². The summed E-state index contributed by atoms with van der Waals surface area (Å²) in [5, 5.41) is 6.54. The number of benzene rings is 2. The van der Waals surface area contributed by atoms with Crippen molar-refractivity contribution in [2.75, 3.05) is 37.1 Å². The molecule has 5 heterocycles. The molecule has 0 aliphatic rings. The number of oxazole rings is 3. The van der Waals surface area contributed by atoms with Crippen LogP contribution in [0.3, 0.4) is 0 Å². The van der Waals surface area contributed by atoms with Crippen molar-refractivity contribution in [3.8, 4) is 11.5 Å². The predicted molar refractivity (Wildman–Crippen MR) is 251 cm³/mol. The van der Waals surface area contributed by atoms with E-state index in [0.717, 1.165) is 6.42 Å². The summed E-state index contributed by atoms with van der Waals surface area (Å²) in [4.78, 5) is 73.7. The SMILES string of the molecule is CCCCOC(=O)COc1cc(C(N)=O)cc2nc(Nc3oc(C)nc3CC)n(C/C=C/Cn3c(Nc4oc(C)nc4CC)nc4cc(C(N)=O)cc(OCCOC(=O)c5oc(C)nc5CC)c43)c12. The second-order valence-corrected chi connectivity index (χ2v) is 15.7. The lowest BCUT2D eigenvalue weighted by Crippen LogP contribution is -2.17. The minimum absolute atomic E-state index is 0.0230. The lowest BCUT2D eigenvalue weighted by Gasteiger charge is -2.13. The number of hydrogen-bond acceptors (Lipinski definition) is 18. The van der Waals surface area contributed by atoms with E-state index in [4.69, 9.17) is 53.6 Å². The second kappa shape index (κ2) is 21.6. The number of hydrogen-bond donors (Lipinski definition) is 4. The van der Waals surface area contributed by atoms with E-state index in [1.807, 2.05) is 44.4 Å². The van der Waals surface area contributed by atoms with Crippen molar-refractivity contribution in [3.63, 3.8) is 0 Å². The Morgan fingerprint density at radius 3 is 1.61 bits per heavy atom. The predicted octanol–water partition coefficient (Wildman–Crippen LogP) is 6.86. The maximum atomic E-state index is 12.9. The Morgan fingerprint density at radius 1 is 0.623 bits per heavy atom. The van der Waals surface area contributed by atoms with Gasteiger partial charge in [0.2, 0.25) is 41.2 Å². The summed E-state index contributed by atoms with van der Waals surface area (Å²) in [5.74, 6) is 0.298. The smallest absolute Gasteiger partial charge is 0.376 e. The molecule has 2 aromatic carbocycles. The first-order valence-corrected chi connectivity index (χ1v) is 22.6. The number of imidazole rings is 2. The van der Waals surface area contributed by atoms with Crippen LogP contribution in [-0.2, 0) is 46.6 Å². The van der Waals surface area contributed by atoms with E-state index in [1.165, 1.54) is 18.2 Å². The van der Waals surface area contributed by atoms with Crippen molar-refractivity contribution in [2.45, 2.75) is 93.7 Å². The van der Waals surface area contributed by atoms with Crippen LogP contribution in [0, 0.1) is 20.8 Å². The van der Waals surface area contributed by atoms with Crippen molar-refractivity contribution < 1.29 is 51.4 Å². The Kier molecular flexibility index (Phi) is 15.3. The molecule has 0 bridgehead atoms. The Balaban J connectivity index is 1.26. The van der Waals surface area contributed by atoms with Gasteiger partial charge in [0.05, 0.1) is 23.3 Å². The van der Waals surface area contributed by atoms with Gasteiger partial charge in [-0.2, -0.15) is 0 Å². The molecule has 0 spiro atoms. The number of amides is 2. The summed E-state index contributed by atoms with van der Waals surface area (Å²) in [6, 6.07) is 6.04. The van der Waals surface area contributed by atoms with E-state index in [0.29, 0.717) is 106 Å². The number of unbranched alkanes of at least 4 members (excludes halogenated alkanes) is 1. The zero-order chi connectivity index (χ0) is 49.4. The number of rotatable bonds is 24. The molecule has 364 valence electrons. The van der Waals surface area contributed by atoms with Crippen LogP contribution in [0.5, 0.6) is 11.5 Å². The number of anilines is 4. The Hall–Kier alpha value is -8.17. The quantitative estimate of drug-likeness (QED) is 0.0273. The highest BCUT2D eigenvalue weighted by molar-refractivity contribution is 6.00. The summed E-state index contributed by atoms with van der Waals surface area (Å²) in [6.07, 6.45) is 6.85. The molecule has 0 atom stereocenters. The number of fused-ring (bicyclic) bond motifs is 2. The first-order chi connectivity index (χ1) is 33.2. The third kappa shape index (κ3) is 11.2. The van der Waals surface area contributed by atoms with Crippen LogP contribution in [0.15, 0.2) is 49.7 Å². The molecule has 22 nitrogen and oxygen atoms in total. The van der Waals surface area contributed by atoms with Gasteiger partial charge in [-0.15, -0.1) is 0 Å². The van der Waals surface area contributed by atoms with Crippen molar-refractivity contribution in [1.29, 1.82) is 0 Å². The number of allylic oxidation sites excluding steroid dienone is 2. The molecule has 0 aliphatic carbocycles. The molecule has 6 N–H and O–H groups in total. The van der Waals surface area contributed by atoms with E-state index in [9.17, 15) is 19.2 Å². The van der Waals surface area contributed by atoms with Crippen LogP contribution in [0.1, 0.15) is 107 Å². The van der Waals surface area contributed by atoms with Gasteiger partial charge in [-0.25, -0.2) is 34.5 Å². The Labute approximate surface area is 395 Å². The monoisotopic (exact) mass is 949 g/mol. The van der Waals surface area contributed by atoms with Crippen LogP contribution in [0.25, 0.3) is 22.1 Å². The van der Waals surface area contributed by atoms with Gasteiger partial charge < -0.3 is 52.8 Å². The number of carbonyl (C=O) groups is 4. The fraction of sp³-hybridized carbons (Fsp3) is 0.383. The Bertz CT molecular complexity index is 3050. The average Bonchev–Trinajstić information content (AvgIpc) is 4.14. The molecular formula is C47H55N11O11. The molecule has 0 fully saturated rings. The van der Waals surface area contributed by atoms with Crippen molar-refractivity contribution in [1.82, 2.24) is 34.1 Å². The summed E-state index contributed by atoms with van der Waals surface area (Å²) in [5.41, 5.74) is 15.2. The van der Waals surface area contributed by atoms with Gasteiger partial charge in [0, 0.05) is 45.0 Å². The zero-order valence-corrected chi connectivity index (χ0v) is 39.5. The highest BCUT2D eigenvalue weighted by Crippen LogP contribution is 2.35. The first kappa shape index (κ1) is 48.8. The van der Waals surface area contributed by atoms with Crippen LogP contribution < -0.4 is 31.6 Å². The summed E-state index contributed by atoms with van der Waals surface area (Å²) >= 11 is 0. The van der Waals surface area contributed by atoms with Crippen LogP contribution in [0.2, 0.25) is 0 Å². The molecule has 0 saturated heterocycles. The van der Waals surface area contributed by atoms with E-state index in [1.54, 1.807) is 31.4 Å². The molecule has 0 saturated carbocycles. The standard InChI is InChI=1S/C47H55N11O11/c1-8-12-17-64-37(59)24-66-36-23-29(42(49)61)21-34-39(36)58(47(54-34)56-44-32(11-4)52-27(7)69-44)16-14-13-15-57-38-33(53-46(57)55-43-31(10-3)51-26(6)68-43)20-28(41(48)60)22-35(38)63-18-19-65-45(62)40-30(9-2)50-25(5)67-40/h13-14,20-23H,8-12,15-19,24H2,1-7H3,(H2,48,60)(H2,49,61)(H,53,55)(H,54,56)/b14-13+. The van der Waals surface area contributed by atoms with E-state index >= 15 is 0 Å². The van der Waals surface area contributed by atoms with Gasteiger partial charge in [0.1, 0.15) is 47.1 Å². The summed E-state index contributed by atoms with van der Waals surface area (Å²) in [6.45, 7) is 12.7. The first-order valence-electron chi connectivity index (χ1n) is 22.6. The number of nitrogens with zero attached hydrogens (tertiary/aromatic N) is 7. The third-order valence-corrected chi connectivity index (χ3v) is 10.7. The number of nitrogens with two attached hydrogens (primary N) is 2. The third-order valence-electron chi connectivity index (χ3n) is 10.7. The second-order valence-electron chi connectivity index (χ2n) is 15.7. The van der Waals surface area contributed by atoms with Crippen LogP contribution in [-0.4, -0.2) is 84.2 Å². The van der Waals surface area contributed by atoms with E-state index in [-0.39, 0.29) is 61.3 Å². The van der Waals surface area contributed by atoms with Gasteiger partial charge in [-0.3, -0.25) is 20.2 Å². The number of aryl methyl sites for hydroxylation is 6. The lowest BCUT2D eigenvalue weighted by molar-refractivity contribution is -0.146. The fourth-order valence-corrected chi connectivity index (χ4v) is 7.42. The fourth-order valence-electron chi connectivity index (χ4n) is 7.42. The minimum Gasteiger partial charge on any atom is -0.488 e. The minimum atomic E-state index is -0.724. The van der Waals surface area contributed by atoms with Crippen molar-refractivity contribution in [2.24, 2.45) is 11.5 Å². The van der Waals surface area contributed by atoms with Crippen molar-refractivity contribution >= 4 is 69.5 Å². The maximum Gasteiger partial charge on any atom is 0.376 e. The number of esters is 2. The zero-order valence-electron chi connectivity index (χ0n) is 39.5. The highest BCUT2D eigenvalue weighted by Gasteiger charge is 2.24. The van der Waals surface area contributed by atoms with Gasteiger partial charge in [-0.1, -0.05) is 46.3 Å². The van der Waals surface area contributed by atoms with Gasteiger partial charge in [-0.05, 0) is 49.9 Å². The summed E-state index contributed by atoms with van der Waals surface area (Å²) < 4.78 is 44.0. The molecule has 7 rings (SSSR count). The number of carbonyl (C=O) groups excluding carboxylic acids is 4. The number of ether oxygens (including phenoxy) is 4. The number of primary amides is 2. The molecule has 2 amide bonds. The molecule has 22 heteroatoms. The normalized spacial score (nSPS) is 11.5. The molecule has 0 aliphatic heterocycles. The number of aromatic nitrogens is 7. The average molecular weight is 950 g/mol. The molecule has 0 radical (unpaired) electrons. The van der Waals surface area contributed by atoms with Gasteiger partial charge >= 0.3 is 11.9 Å². The molecule has 5 aromatic heterocycles. The summed E-state index contributed by atoms with van der Waals surface area (Å²) in [7, 11) is 0. The molecule has 69 heavy (non-hydrogen) atoms. The van der Waals surface area contributed by atoms with Gasteiger partial charge in [0.15, 0.2) is 24.3 Å². The largest absolute Gasteiger partial charge is 0.488 e. The van der Waals surface area contributed by atoms with Crippen molar-refractivity contribution in [3.05, 3.63) is 88.1 Å². The molecular weight excluding hydrogens is 895 g/mol. The Morgan fingerprint density at radius 2 is 1.12 bits per heavy atom. The van der Waals surface area contributed by atoms with E-state index < -0.39 is 30.4 Å². The lowest BCUT2D eigenvalue weighted by atomic mass is 10.1. The van der Waals surface area contributed by atoms with E-state index in [2.05, 4.69) is 25.6 Å². The maximum absolute atomic E-state index is 12.9. The van der Waals surface area contributed by atoms with Gasteiger partial charge in [0.25, 0.3) is 0 Å². The molecule has 7 aromatic rings. The molecule has 0 unspecified atom stereocenters. The topological polar surface area (TPSA) is 295 Å².